The zero-order valence-electron chi connectivity index (χ0n) is 9.53. The van der Waals surface area contributed by atoms with E-state index in [0.717, 1.165) is 31.7 Å². The van der Waals surface area contributed by atoms with Gasteiger partial charge < -0.3 is 14.8 Å². The Morgan fingerprint density at radius 2 is 2.31 bits per heavy atom. The van der Waals surface area contributed by atoms with Crippen LogP contribution in [0.2, 0.25) is 0 Å². The lowest BCUT2D eigenvalue weighted by molar-refractivity contribution is -0.00773. The zero-order valence-corrected chi connectivity index (χ0v) is 9.53. The lowest BCUT2D eigenvalue weighted by Gasteiger charge is -2.37. The van der Waals surface area contributed by atoms with Crippen LogP contribution in [0.4, 0.5) is 0 Å². The molecule has 1 saturated heterocycles. The minimum Gasteiger partial charge on any atom is -0.496 e. The SMILES string of the molecule is COc1cccc2c1CC1OCCN[C@H]1C2. The molecule has 1 aliphatic carbocycles. The van der Waals surface area contributed by atoms with Crippen LogP contribution in [-0.2, 0) is 17.6 Å². The van der Waals surface area contributed by atoms with Crippen LogP contribution in [0.1, 0.15) is 11.1 Å². The molecule has 0 amide bonds. The van der Waals surface area contributed by atoms with Crippen LogP contribution in [0.25, 0.3) is 0 Å². The molecule has 1 N–H and O–H groups in total. The van der Waals surface area contributed by atoms with Crippen LogP contribution in [-0.4, -0.2) is 32.4 Å². The second-order valence-corrected chi connectivity index (χ2v) is 4.48. The Balaban J connectivity index is 1.95. The van der Waals surface area contributed by atoms with Crippen LogP contribution in [0.5, 0.6) is 5.75 Å². The second-order valence-electron chi connectivity index (χ2n) is 4.48. The normalized spacial score (nSPS) is 28.1. The van der Waals surface area contributed by atoms with E-state index in [-0.39, 0.29) is 0 Å². The molecule has 2 atom stereocenters. The van der Waals surface area contributed by atoms with E-state index < -0.39 is 0 Å². The van der Waals surface area contributed by atoms with Crippen molar-refractivity contribution in [2.75, 3.05) is 20.3 Å². The maximum atomic E-state index is 5.82. The van der Waals surface area contributed by atoms with E-state index in [4.69, 9.17) is 9.47 Å². The van der Waals surface area contributed by atoms with Crippen molar-refractivity contribution < 1.29 is 9.47 Å². The van der Waals surface area contributed by atoms with Gasteiger partial charge in [0.2, 0.25) is 0 Å². The van der Waals surface area contributed by atoms with Crippen molar-refractivity contribution in [1.82, 2.24) is 5.32 Å². The summed E-state index contributed by atoms with van der Waals surface area (Å²) in [5, 5.41) is 3.53. The highest BCUT2D eigenvalue weighted by Crippen LogP contribution is 2.31. The Morgan fingerprint density at radius 3 is 3.19 bits per heavy atom. The van der Waals surface area contributed by atoms with E-state index in [0.29, 0.717) is 12.1 Å². The molecule has 1 aromatic carbocycles. The lowest BCUT2D eigenvalue weighted by Crippen LogP contribution is -2.52. The highest BCUT2D eigenvalue weighted by Gasteiger charge is 2.32. The van der Waals surface area contributed by atoms with E-state index in [2.05, 4.69) is 17.4 Å². The van der Waals surface area contributed by atoms with Crippen molar-refractivity contribution in [1.29, 1.82) is 0 Å². The molecular formula is C13H17NO2. The first kappa shape index (κ1) is 10.1. The van der Waals surface area contributed by atoms with E-state index in [1.54, 1.807) is 7.11 Å². The molecule has 0 spiro atoms. The Bertz CT molecular complexity index is 392. The van der Waals surface area contributed by atoms with Crippen molar-refractivity contribution in [2.24, 2.45) is 0 Å². The maximum absolute atomic E-state index is 5.82. The number of nitrogens with one attached hydrogen (secondary N) is 1. The van der Waals surface area contributed by atoms with Gasteiger partial charge in [0, 0.05) is 19.0 Å². The number of morpholine rings is 1. The molecule has 3 nitrogen and oxygen atoms in total. The smallest absolute Gasteiger partial charge is 0.122 e. The van der Waals surface area contributed by atoms with E-state index in [9.17, 15) is 0 Å². The molecule has 0 saturated carbocycles. The summed E-state index contributed by atoms with van der Waals surface area (Å²) in [6.07, 6.45) is 2.34. The van der Waals surface area contributed by atoms with Crippen LogP contribution < -0.4 is 10.1 Å². The molecule has 3 heteroatoms. The van der Waals surface area contributed by atoms with Gasteiger partial charge in [0.05, 0.1) is 19.8 Å². The van der Waals surface area contributed by atoms with Gasteiger partial charge in [-0.25, -0.2) is 0 Å². The number of hydrogen-bond donors (Lipinski definition) is 1. The Kier molecular flexibility index (Phi) is 2.58. The van der Waals surface area contributed by atoms with Gasteiger partial charge in [-0.1, -0.05) is 12.1 Å². The van der Waals surface area contributed by atoms with Gasteiger partial charge in [-0.15, -0.1) is 0 Å². The van der Waals surface area contributed by atoms with Gasteiger partial charge in [0.1, 0.15) is 5.75 Å². The minimum atomic E-state index is 0.317. The summed E-state index contributed by atoms with van der Waals surface area (Å²) < 4.78 is 11.2. The first-order valence-corrected chi connectivity index (χ1v) is 5.88. The maximum Gasteiger partial charge on any atom is 0.122 e. The summed E-state index contributed by atoms with van der Waals surface area (Å²) in [7, 11) is 1.74. The van der Waals surface area contributed by atoms with E-state index in [1.807, 2.05) is 6.07 Å². The predicted molar refractivity (Wildman–Crippen MR) is 61.9 cm³/mol. The fourth-order valence-corrected chi connectivity index (χ4v) is 2.77. The number of ether oxygens (including phenoxy) is 2. The summed E-state index contributed by atoms with van der Waals surface area (Å²) in [4.78, 5) is 0. The summed E-state index contributed by atoms with van der Waals surface area (Å²) in [6, 6.07) is 6.79. The highest BCUT2D eigenvalue weighted by atomic mass is 16.5. The van der Waals surface area contributed by atoms with Crippen molar-refractivity contribution in [3.63, 3.8) is 0 Å². The average Bonchev–Trinajstić information content (AvgIpc) is 2.35. The molecule has 0 radical (unpaired) electrons. The first-order chi connectivity index (χ1) is 7.88. The third kappa shape index (κ3) is 1.60. The molecule has 1 aliphatic heterocycles. The summed E-state index contributed by atoms with van der Waals surface area (Å²) in [5.74, 6) is 1.00. The lowest BCUT2D eigenvalue weighted by atomic mass is 9.85. The predicted octanol–water partition coefficient (Wildman–Crippen LogP) is 1.15. The Labute approximate surface area is 95.8 Å². The monoisotopic (exact) mass is 219 g/mol. The van der Waals surface area contributed by atoms with Gasteiger partial charge >= 0.3 is 0 Å². The fraction of sp³-hybridized carbons (Fsp3) is 0.538. The largest absolute Gasteiger partial charge is 0.496 e. The standard InChI is InChI=1S/C13H17NO2/c1-15-12-4-2-3-9-7-11-13(8-10(9)12)16-6-5-14-11/h2-4,11,13-14H,5-8H2,1H3/t11-,13?/m0/s1. The molecule has 1 fully saturated rings. The Hall–Kier alpha value is -1.06. The molecule has 1 heterocycles. The molecule has 86 valence electrons. The summed E-state index contributed by atoms with van der Waals surface area (Å²) >= 11 is 0. The first-order valence-electron chi connectivity index (χ1n) is 5.88. The number of methoxy groups -OCH3 is 1. The van der Waals surface area contributed by atoms with Crippen LogP contribution >= 0.6 is 0 Å². The third-order valence-electron chi connectivity index (χ3n) is 3.58. The van der Waals surface area contributed by atoms with Gasteiger partial charge in [-0.3, -0.25) is 0 Å². The van der Waals surface area contributed by atoms with Crippen molar-refractivity contribution in [2.45, 2.75) is 25.0 Å². The summed E-state index contributed by atoms with van der Waals surface area (Å²) in [5.41, 5.74) is 2.73. The molecule has 1 unspecified atom stereocenters. The highest BCUT2D eigenvalue weighted by molar-refractivity contribution is 5.43. The number of rotatable bonds is 1. The second kappa shape index (κ2) is 4.07. The van der Waals surface area contributed by atoms with Gasteiger partial charge in [-0.05, 0) is 23.6 Å². The summed E-state index contributed by atoms with van der Waals surface area (Å²) in [6.45, 7) is 1.80. The zero-order chi connectivity index (χ0) is 11.0. The van der Waals surface area contributed by atoms with E-state index in [1.165, 1.54) is 11.1 Å². The van der Waals surface area contributed by atoms with Crippen molar-refractivity contribution >= 4 is 0 Å². The average molecular weight is 219 g/mol. The van der Waals surface area contributed by atoms with Crippen LogP contribution in [0.15, 0.2) is 18.2 Å². The van der Waals surface area contributed by atoms with Crippen molar-refractivity contribution in [3.05, 3.63) is 29.3 Å². The molecular weight excluding hydrogens is 202 g/mol. The quantitative estimate of drug-likeness (QED) is 0.768. The molecule has 1 aromatic rings. The molecule has 3 rings (SSSR count). The number of benzene rings is 1. The molecule has 16 heavy (non-hydrogen) atoms. The van der Waals surface area contributed by atoms with Gasteiger partial charge in [-0.2, -0.15) is 0 Å². The third-order valence-corrected chi connectivity index (χ3v) is 3.58. The number of fused-ring (bicyclic) bond motifs is 2. The Morgan fingerprint density at radius 1 is 1.38 bits per heavy atom. The molecule has 0 bridgehead atoms. The van der Waals surface area contributed by atoms with Gasteiger partial charge in [0.25, 0.3) is 0 Å². The molecule has 0 aromatic heterocycles. The minimum absolute atomic E-state index is 0.317. The van der Waals surface area contributed by atoms with Crippen LogP contribution in [0, 0.1) is 0 Å². The van der Waals surface area contributed by atoms with Gasteiger partial charge in [0.15, 0.2) is 0 Å². The molecule has 2 aliphatic rings. The van der Waals surface area contributed by atoms with E-state index >= 15 is 0 Å². The van der Waals surface area contributed by atoms with Crippen molar-refractivity contribution in [3.8, 4) is 5.75 Å². The van der Waals surface area contributed by atoms with Crippen LogP contribution in [0.3, 0.4) is 0 Å². The topological polar surface area (TPSA) is 30.5 Å². The number of hydrogen-bond acceptors (Lipinski definition) is 3. The fourth-order valence-electron chi connectivity index (χ4n) is 2.77.